The Bertz CT molecular complexity index is 762. The average Bonchev–Trinajstić information content (AvgIpc) is 2.97. The van der Waals surface area contributed by atoms with E-state index >= 15 is 0 Å². The van der Waals surface area contributed by atoms with Crippen molar-refractivity contribution in [2.45, 2.75) is 13.0 Å². The molecule has 1 heterocycles. The topological polar surface area (TPSA) is 87.5 Å². The van der Waals surface area contributed by atoms with Gasteiger partial charge in [-0.1, -0.05) is 19.1 Å². The molecule has 0 fully saturated rings. The summed E-state index contributed by atoms with van der Waals surface area (Å²) in [7, 11) is 3.28. The molecule has 2 aromatic rings. The standard InChI is InChI=1S/C17H21FN4O3/c1-11(16(23)24)10-22(3)17(25)20-14(15-19-7-8-21(15)2)12-5-4-6-13(18)9-12/h4-9,11,14H,10H2,1-3H3,(H,20,25)(H,23,24). The van der Waals surface area contributed by atoms with E-state index in [0.717, 1.165) is 0 Å². The van der Waals surface area contributed by atoms with Gasteiger partial charge < -0.3 is 19.9 Å². The minimum absolute atomic E-state index is 0.0532. The molecule has 2 rings (SSSR count). The first-order chi connectivity index (χ1) is 11.8. The third-order valence-corrected chi connectivity index (χ3v) is 3.88. The number of aryl methyl sites for hydroxylation is 1. The van der Waals surface area contributed by atoms with Crippen LogP contribution in [0.2, 0.25) is 0 Å². The van der Waals surface area contributed by atoms with Crippen LogP contribution >= 0.6 is 0 Å². The van der Waals surface area contributed by atoms with Crippen LogP contribution in [0.15, 0.2) is 36.7 Å². The highest BCUT2D eigenvalue weighted by atomic mass is 19.1. The zero-order chi connectivity index (χ0) is 18.6. The number of carboxylic acids is 1. The fourth-order valence-corrected chi connectivity index (χ4v) is 2.44. The zero-order valence-corrected chi connectivity index (χ0v) is 14.3. The number of imidazole rings is 1. The van der Waals surface area contributed by atoms with Crippen molar-refractivity contribution in [3.8, 4) is 0 Å². The molecule has 0 spiro atoms. The van der Waals surface area contributed by atoms with Crippen LogP contribution in [0.4, 0.5) is 9.18 Å². The number of halogens is 1. The number of rotatable bonds is 6. The second-order valence-corrected chi connectivity index (χ2v) is 5.95. The number of carboxylic acid groups (broad SMARTS) is 1. The van der Waals surface area contributed by atoms with Gasteiger partial charge in [0.05, 0.1) is 5.92 Å². The highest BCUT2D eigenvalue weighted by molar-refractivity contribution is 5.76. The molecule has 0 aliphatic carbocycles. The molecule has 2 unspecified atom stereocenters. The van der Waals surface area contributed by atoms with Crippen LogP contribution in [-0.2, 0) is 11.8 Å². The second-order valence-electron chi connectivity index (χ2n) is 5.95. The summed E-state index contributed by atoms with van der Waals surface area (Å²) < 4.78 is 15.3. The molecule has 134 valence electrons. The highest BCUT2D eigenvalue weighted by Gasteiger charge is 2.24. The number of hydrogen-bond acceptors (Lipinski definition) is 3. The van der Waals surface area contributed by atoms with E-state index in [1.165, 1.54) is 31.0 Å². The van der Waals surface area contributed by atoms with Crippen molar-refractivity contribution in [2.75, 3.05) is 13.6 Å². The van der Waals surface area contributed by atoms with E-state index in [-0.39, 0.29) is 6.54 Å². The summed E-state index contributed by atoms with van der Waals surface area (Å²) in [6, 6.07) is 4.78. The summed E-state index contributed by atoms with van der Waals surface area (Å²) >= 11 is 0. The van der Waals surface area contributed by atoms with E-state index in [1.54, 1.807) is 36.1 Å². The number of carbonyl (C=O) groups excluding carboxylic acids is 1. The van der Waals surface area contributed by atoms with Crippen molar-refractivity contribution in [3.05, 3.63) is 53.9 Å². The predicted molar refractivity (Wildman–Crippen MR) is 89.4 cm³/mol. The van der Waals surface area contributed by atoms with Gasteiger partial charge >= 0.3 is 12.0 Å². The predicted octanol–water partition coefficient (Wildman–Crippen LogP) is 2.01. The Morgan fingerprint density at radius 3 is 2.72 bits per heavy atom. The number of benzene rings is 1. The molecule has 2 amide bonds. The number of hydrogen-bond donors (Lipinski definition) is 2. The van der Waals surface area contributed by atoms with Crippen molar-refractivity contribution < 1.29 is 19.1 Å². The Balaban J connectivity index is 2.24. The van der Waals surface area contributed by atoms with E-state index in [4.69, 9.17) is 5.11 Å². The lowest BCUT2D eigenvalue weighted by Gasteiger charge is -2.25. The Hall–Kier alpha value is -2.90. The number of aliphatic carboxylic acids is 1. The SMILES string of the molecule is CC(CN(C)C(=O)NC(c1cccc(F)c1)c1nccn1C)C(=O)O. The van der Waals surface area contributed by atoms with Gasteiger partial charge in [0.25, 0.3) is 0 Å². The fourth-order valence-electron chi connectivity index (χ4n) is 2.44. The number of nitrogens with zero attached hydrogens (tertiary/aromatic N) is 3. The monoisotopic (exact) mass is 348 g/mol. The molecule has 7 nitrogen and oxygen atoms in total. The Labute approximate surface area is 145 Å². The van der Waals surface area contributed by atoms with E-state index in [1.807, 2.05) is 0 Å². The molecular formula is C17H21FN4O3. The van der Waals surface area contributed by atoms with Crippen LogP contribution in [0.3, 0.4) is 0 Å². The van der Waals surface area contributed by atoms with Crippen molar-refractivity contribution in [1.82, 2.24) is 19.8 Å². The molecule has 1 aromatic heterocycles. The molecule has 25 heavy (non-hydrogen) atoms. The maximum absolute atomic E-state index is 13.6. The molecule has 0 radical (unpaired) electrons. The number of nitrogens with one attached hydrogen (secondary N) is 1. The van der Waals surface area contributed by atoms with Gasteiger partial charge in [0.2, 0.25) is 0 Å². The van der Waals surface area contributed by atoms with E-state index in [9.17, 15) is 14.0 Å². The van der Waals surface area contributed by atoms with E-state index in [2.05, 4.69) is 10.3 Å². The largest absolute Gasteiger partial charge is 0.481 e. The normalized spacial score (nSPS) is 13.1. The van der Waals surface area contributed by atoms with Gasteiger partial charge in [-0.05, 0) is 17.7 Å². The van der Waals surface area contributed by atoms with Gasteiger partial charge in [-0.25, -0.2) is 14.2 Å². The van der Waals surface area contributed by atoms with Crippen LogP contribution < -0.4 is 5.32 Å². The third kappa shape index (κ3) is 4.56. The van der Waals surface area contributed by atoms with Crippen LogP contribution in [-0.4, -0.2) is 45.2 Å². The molecule has 1 aromatic carbocycles. The van der Waals surface area contributed by atoms with Gasteiger partial charge in [-0.2, -0.15) is 0 Å². The number of amides is 2. The van der Waals surface area contributed by atoms with Crippen LogP contribution in [0.25, 0.3) is 0 Å². The lowest BCUT2D eigenvalue weighted by atomic mass is 10.1. The van der Waals surface area contributed by atoms with Gasteiger partial charge in [0.1, 0.15) is 17.7 Å². The summed E-state index contributed by atoms with van der Waals surface area (Å²) in [6.45, 7) is 1.58. The summed E-state index contributed by atoms with van der Waals surface area (Å²) in [5.74, 6) is -1.56. The number of carbonyl (C=O) groups is 2. The molecule has 2 N–H and O–H groups in total. The Morgan fingerprint density at radius 1 is 1.44 bits per heavy atom. The molecule has 0 saturated carbocycles. The van der Waals surface area contributed by atoms with Crippen LogP contribution in [0.1, 0.15) is 24.4 Å². The van der Waals surface area contributed by atoms with Gasteiger partial charge in [-0.3, -0.25) is 4.79 Å². The van der Waals surface area contributed by atoms with Crippen molar-refractivity contribution in [2.24, 2.45) is 13.0 Å². The zero-order valence-electron chi connectivity index (χ0n) is 14.3. The second kappa shape index (κ2) is 7.78. The minimum Gasteiger partial charge on any atom is -0.481 e. The molecule has 8 heteroatoms. The minimum atomic E-state index is -0.981. The van der Waals surface area contributed by atoms with Crippen molar-refractivity contribution >= 4 is 12.0 Å². The quantitative estimate of drug-likeness (QED) is 0.836. The van der Waals surface area contributed by atoms with Crippen LogP contribution in [0.5, 0.6) is 0 Å². The van der Waals surface area contributed by atoms with Crippen molar-refractivity contribution in [3.63, 3.8) is 0 Å². The lowest BCUT2D eigenvalue weighted by Crippen LogP contribution is -2.43. The first-order valence-corrected chi connectivity index (χ1v) is 7.76. The maximum Gasteiger partial charge on any atom is 0.318 e. The molecule has 0 aliphatic rings. The Kier molecular flexibility index (Phi) is 5.74. The molecule has 0 saturated heterocycles. The molecule has 0 bridgehead atoms. The van der Waals surface area contributed by atoms with Crippen LogP contribution in [0, 0.1) is 11.7 Å². The van der Waals surface area contributed by atoms with E-state index < -0.39 is 29.8 Å². The highest BCUT2D eigenvalue weighted by Crippen LogP contribution is 2.21. The number of urea groups is 1. The van der Waals surface area contributed by atoms with E-state index in [0.29, 0.717) is 11.4 Å². The van der Waals surface area contributed by atoms with Gasteiger partial charge in [0, 0.05) is 33.0 Å². The maximum atomic E-state index is 13.6. The van der Waals surface area contributed by atoms with Gasteiger partial charge in [0.15, 0.2) is 0 Å². The first kappa shape index (κ1) is 18.4. The van der Waals surface area contributed by atoms with Crippen molar-refractivity contribution in [1.29, 1.82) is 0 Å². The fraction of sp³-hybridized carbons (Fsp3) is 0.353. The first-order valence-electron chi connectivity index (χ1n) is 7.76. The summed E-state index contributed by atoms with van der Waals surface area (Å²) in [5.41, 5.74) is 0.544. The third-order valence-electron chi connectivity index (χ3n) is 3.88. The number of aromatic nitrogens is 2. The molecule has 2 atom stereocenters. The Morgan fingerprint density at radius 2 is 2.16 bits per heavy atom. The van der Waals surface area contributed by atoms with Gasteiger partial charge in [-0.15, -0.1) is 0 Å². The smallest absolute Gasteiger partial charge is 0.318 e. The molecule has 0 aliphatic heterocycles. The average molecular weight is 348 g/mol. The summed E-state index contributed by atoms with van der Waals surface area (Å²) in [4.78, 5) is 28.9. The lowest BCUT2D eigenvalue weighted by molar-refractivity contribution is -0.141. The molecular weight excluding hydrogens is 327 g/mol. The summed E-state index contributed by atoms with van der Waals surface area (Å²) in [6.07, 6.45) is 3.31. The summed E-state index contributed by atoms with van der Waals surface area (Å²) in [5, 5.41) is 11.8.